The molecule has 0 bridgehead atoms. The fraction of sp³-hybridized carbons (Fsp3) is 0.333. The Bertz CT molecular complexity index is 474. The number of para-hydroxylation sites is 1. The summed E-state index contributed by atoms with van der Waals surface area (Å²) in [6.07, 6.45) is 0.923. The summed E-state index contributed by atoms with van der Waals surface area (Å²) >= 11 is 0. The zero-order valence-electron chi connectivity index (χ0n) is 9.04. The highest BCUT2D eigenvalue weighted by molar-refractivity contribution is 5.87. The van der Waals surface area contributed by atoms with E-state index in [9.17, 15) is 0 Å². The van der Waals surface area contributed by atoms with Crippen LogP contribution in [0, 0.1) is 0 Å². The van der Waals surface area contributed by atoms with Crippen LogP contribution in [0.25, 0.3) is 11.0 Å². The minimum atomic E-state index is 0.432. The number of methoxy groups -OCH3 is 1. The van der Waals surface area contributed by atoms with Gasteiger partial charge in [-0.25, -0.2) is 0 Å². The van der Waals surface area contributed by atoms with Crippen LogP contribution >= 0.6 is 0 Å². The van der Waals surface area contributed by atoms with Crippen LogP contribution in [0.1, 0.15) is 18.2 Å². The van der Waals surface area contributed by atoms with Crippen molar-refractivity contribution in [1.29, 1.82) is 0 Å². The van der Waals surface area contributed by atoms with Crippen molar-refractivity contribution in [2.75, 3.05) is 7.11 Å². The van der Waals surface area contributed by atoms with Crippen molar-refractivity contribution in [3.63, 3.8) is 0 Å². The molecule has 1 aromatic carbocycles. The van der Waals surface area contributed by atoms with E-state index < -0.39 is 0 Å². The number of rotatable bonds is 3. The number of nitrogens with two attached hydrogens (primary N) is 1. The van der Waals surface area contributed by atoms with E-state index in [2.05, 4.69) is 6.92 Å². The maximum Gasteiger partial charge on any atom is 0.176 e. The number of hydrogen-bond acceptors (Lipinski definition) is 3. The standard InChI is InChI=1S/C12H15NO2/c1-3-8-9-5-4-6-10(14-2)12(9)15-11(8)7-13/h4-6H,3,7,13H2,1-2H3. The van der Waals surface area contributed by atoms with Crippen LogP contribution in [-0.4, -0.2) is 7.11 Å². The molecule has 0 saturated carbocycles. The van der Waals surface area contributed by atoms with Crippen LogP contribution < -0.4 is 10.5 Å². The molecule has 0 fully saturated rings. The molecule has 0 aliphatic rings. The predicted molar refractivity (Wildman–Crippen MR) is 60.0 cm³/mol. The molecular weight excluding hydrogens is 190 g/mol. The molecule has 0 spiro atoms. The number of furan rings is 1. The minimum Gasteiger partial charge on any atom is -0.493 e. The number of hydrogen-bond donors (Lipinski definition) is 1. The largest absolute Gasteiger partial charge is 0.493 e. The third-order valence-corrected chi connectivity index (χ3v) is 2.62. The predicted octanol–water partition coefficient (Wildman–Crippen LogP) is 2.46. The molecule has 80 valence electrons. The van der Waals surface area contributed by atoms with Crippen molar-refractivity contribution in [1.82, 2.24) is 0 Å². The Morgan fingerprint density at radius 2 is 2.20 bits per heavy atom. The Kier molecular flexibility index (Phi) is 2.64. The maximum absolute atomic E-state index is 5.71. The van der Waals surface area contributed by atoms with Crippen LogP contribution in [0.4, 0.5) is 0 Å². The normalized spacial score (nSPS) is 10.9. The summed E-state index contributed by atoms with van der Waals surface area (Å²) in [5.74, 6) is 1.62. The zero-order chi connectivity index (χ0) is 10.8. The highest BCUT2D eigenvalue weighted by Gasteiger charge is 2.14. The lowest BCUT2D eigenvalue weighted by atomic mass is 10.1. The van der Waals surface area contributed by atoms with Crippen LogP contribution in [0.5, 0.6) is 5.75 Å². The van der Waals surface area contributed by atoms with Gasteiger partial charge < -0.3 is 14.9 Å². The van der Waals surface area contributed by atoms with Gasteiger partial charge in [0.2, 0.25) is 0 Å². The molecule has 1 aromatic heterocycles. The first kappa shape index (κ1) is 10.1. The van der Waals surface area contributed by atoms with Gasteiger partial charge >= 0.3 is 0 Å². The van der Waals surface area contributed by atoms with Gasteiger partial charge in [-0.05, 0) is 12.5 Å². The Balaban J connectivity index is 2.75. The molecule has 0 atom stereocenters. The highest BCUT2D eigenvalue weighted by Crippen LogP contribution is 2.32. The monoisotopic (exact) mass is 205 g/mol. The van der Waals surface area contributed by atoms with Gasteiger partial charge in [-0.1, -0.05) is 19.1 Å². The van der Waals surface area contributed by atoms with Gasteiger partial charge in [-0.15, -0.1) is 0 Å². The lowest BCUT2D eigenvalue weighted by molar-refractivity contribution is 0.407. The van der Waals surface area contributed by atoms with Crippen molar-refractivity contribution < 1.29 is 9.15 Å². The molecule has 2 rings (SSSR count). The summed E-state index contributed by atoms with van der Waals surface area (Å²) in [5, 5.41) is 1.11. The first-order chi connectivity index (χ1) is 7.31. The third kappa shape index (κ3) is 1.49. The second-order valence-corrected chi connectivity index (χ2v) is 3.40. The molecule has 1 heterocycles. The van der Waals surface area contributed by atoms with E-state index in [1.165, 1.54) is 5.56 Å². The van der Waals surface area contributed by atoms with Crippen molar-refractivity contribution in [3.8, 4) is 5.75 Å². The van der Waals surface area contributed by atoms with Gasteiger partial charge in [0.15, 0.2) is 11.3 Å². The Hall–Kier alpha value is -1.48. The van der Waals surface area contributed by atoms with E-state index in [1.807, 2.05) is 18.2 Å². The van der Waals surface area contributed by atoms with E-state index >= 15 is 0 Å². The molecule has 3 nitrogen and oxygen atoms in total. The zero-order valence-corrected chi connectivity index (χ0v) is 9.04. The Morgan fingerprint density at radius 1 is 1.40 bits per heavy atom. The molecule has 0 aliphatic heterocycles. The second-order valence-electron chi connectivity index (χ2n) is 3.40. The van der Waals surface area contributed by atoms with Crippen LogP contribution in [0.3, 0.4) is 0 Å². The van der Waals surface area contributed by atoms with E-state index in [4.69, 9.17) is 14.9 Å². The molecule has 0 unspecified atom stereocenters. The Labute approximate surface area is 88.8 Å². The molecule has 2 N–H and O–H groups in total. The average Bonchev–Trinajstić information content (AvgIpc) is 2.66. The average molecular weight is 205 g/mol. The van der Waals surface area contributed by atoms with Crippen molar-refractivity contribution in [2.24, 2.45) is 5.73 Å². The highest BCUT2D eigenvalue weighted by atomic mass is 16.5. The minimum absolute atomic E-state index is 0.432. The molecule has 3 heteroatoms. The lowest BCUT2D eigenvalue weighted by Gasteiger charge is -1.99. The number of fused-ring (bicyclic) bond motifs is 1. The van der Waals surface area contributed by atoms with E-state index in [1.54, 1.807) is 7.11 Å². The fourth-order valence-corrected chi connectivity index (χ4v) is 1.91. The van der Waals surface area contributed by atoms with Crippen LogP contribution in [0.15, 0.2) is 22.6 Å². The smallest absolute Gasteiger partial charge is 0.176 e. The summed E-state index contributed by atoms with van der Waals surface area (Å²) in [7, 11) is 1.64. The molecule has 0 saturated heterocycles. The summed E-state index contributed by atoms with van der Waals surface area (Å²) in [6, 6.07) is 5.90. The summed E-state index contributed by atoms with van der Waals surface area (Å²) in [6.45, 7) is 2.53. The Morgan fingerprint density at radius 3 is 2.80 bits per heavy atom. The van der Waals surface area contributed by atoms with Gasteiger partial charge in [0.05, 0.1) is 13.7 Å². The molecule has 2 aromatic rings. The first-order valence-electron chi connectivity index (χ1n) is 5.09. The number of benzene rings is 1. The lowest BCUT2D eigenvalue weighted by Crippen LogP contribution is -1.97. The number of aryl methyl sites for hydroxylation is 1. The molecule has 0 amide bonds. The number of ether oxygens (including phenoxy) is 1. The van der Waals surface area contributed by atoms with Gasteiger partial charge in [0, 0.05) is 10.9 Å². The first-order valence-corrected chi connectivity index (χ1v) is 5.09. The maximum atomic E-state index is 5.71. The second kappa shape index (κ2) is 3.95. The molecule has 15 heavy (non-hydrogen) atoms. The van der Waals surface area contributed by atoms with Gasteiger partial charge in [-0.3, -0.25) is 0 Å². The summed E-state index contributed by atoms with van der Waals surface area (Å²) in [4.78, 5) is 0. The molecular formula is C12H15NO2. The quantitative estimate of drug-likeness (QED) is 0.837. The van der Waals surface area contributed by atoms with Gasteiger partial charge in [0.1, 0.15) is 5.76 Å². The van der Waals surface area contributed by atoms with E-state index in [0.717, 1.165) is 28.9 Å². The topological polar surface area (TPSA) is 48.4 Å². The van der Waals surface area contributed by atoms with E-state index in [-0.39, 0.29) is 0 Å². The van der Waals surface area contributed by atoms with Crippen molar-refractivity contribution >= 4 is 11.0 Å². The molecule has 0 aliphatic carbocycles. The van der Waals surface area contributed by atoms with Gasteiger partial charge in [0.25, 0.3) is 0 Å². The van der Waals surface area contributed by atoms with Crippen LogP contribution in [0.2, 0.25) is 0 Å². The third-order valence-electron chi connectivity index (χ3n) is 2.62. The fourth-order valence-electron chi connectivity index (χ4n) is 1.91. The summed E-state index contributed by atoms with van der Waals surface area (Å²) < 4.78 is 11.0. The van der Waals surface area contributed by atoms with E-state index in [0.29, 0.717) is 6.54 Å². The van der Waals surface area contributed by atoms with Gasteiger partial charge in [-0.2, -0.15) is 0 Å². The van der Waals surface area contributed by atoms with Crippen molar-refractivity contribution in [2.45, 2.75) is 19.9 Å². The SMILES string of the molecule is CCc1c(CN)oc2c(OC)cccc12. The van der Waals surface area contributed by atoms with Crippen LogP contribution in [-0.2, 0) is 13.0 Å². The summed E-state index contributed by atoms with van der Waals surface area (Å²) in [5.41, 5.74) is 7.64. The van der Waals surface area contributed by atoms with Crippen molar-refractivity contribution in [3.05, 3.63) is 29.5 Å². The molecule has 0 radical (unpaired) electrons.